The number of nitrogens with zero attached hydrogens (tertiary/aromatic N) is 2. The molecule has 0 aliphatic carbocycles. The topological polar surface area (TPSA) is 106 Å². The van der Waals surface area contributed by atoms with Crippen LogP contribution in [0.15, 0.2) is 67.3 Å². The summed E-state index contributed by atoms with van der Waals surface area (Å²) in [5.74, 6) is -2.42. The molecule has 2 bridgehead atoms. The van der Waals surface area contributed by atoms with Crippen LogP contribution in [0, 0.1) is 11.8 Å². The van der Waals surface area contributed by atoms with Crippen molar-refractivity contribution in [3.05, 3.63) is 72.8 Å². The molecule has 3 fully saturated rings. The van der Waals surface area contributed by atoms with E-state index in [2.05, 4.69) is 22.5 Å². The average molecular weight is 628 g/mol. The number of aliphatic hydroxyl groups excluding tert-OH is 1. The van der Waals surface area contributed by atoms with E-state index in [4.69, 9.17) is 14.2 Å². The van der Waals surface area contributed by atoms with E-state index in [1.165, 1.54) is 4.90 Å². The molecule has 3 aliphatic rings. The molecule has 7 atom stereocenters. The maximum Gasteiger partial charge on any atom is 0.312 e. The summed E-state index contributed by atoms with van der Waals surface area (Å²) < 4.78 is 17.3. The van der Waals surface area contributed by atoms with E-state index < -0.39 is 41.6 Å². The molecule has 2 aromatic carbocycles. The molecule has 2 aromatic rings. The van der Waals surface area contributed by atoms with Crippen molar-refractivity contribution in [2.24, 2.45) is 11.8 Å². The molecule has 2 amide bonds. The first-order valence-electron chi connectivity index (χ1n) is 13.8. The average Bonchev–Trinajstić information content (AvgIpc) is 3.58. The third-order valence-corrected chi connectivity index (χ3v) is 9.24. The summed E-state index contributed by atoms with van der Waals surface area (Å²) in [5, 5.41) is 10.6. The van der Waals surface area contributed by atoms with E-state index >= 15 is 0 Å². The van der Waals surface area contributed by atoms with Crippen LogP contribution in [0.2, 0.25) is 0 Å². The molecule has 3 unspecified atom stereocenters. The first-order valence-corrected chi connectivity index (χ1v) is 14.7. The number of methoxy groups -OCH3 is 1. The highest BCUT2D eigenvalue weighted by molar-refractivity contribution is 9.09. The van der Waals surface area contributed by atoms with E-state index in [1.54, 1.807) is 49.3 Å². The highest BCUT2D eigenvalue weighted by Crippen LogP contribution is 2.60. The lowest BCUT2D eigenvalue weighted by atomic mass is 9.70. The minimum Gasteiger partial charge on any atom is -0.497 e. The fourth-order valence-electron chi connectivity index (χ4n) is 6.75. The minimum atomic E-state index is -1.28. The van der Waals surface area contributed by atoms with Gasteiger partial charge >= 0.3 is 5.97 Å². The third-order valence-electron chi connectivity index (χ3n) is 8.40. The molecular formula is C31H35BrN2O7. The van der Waals surface area contributed by atoms with Gasteiger partial charge in [0.05, 0.1) is 44.3 Å². The van der Waals surface area contributed by atoms with E-state index in [9.17, 15) is 19.5 Å². The zero-order chi connectivity index (χ0) is 29.3. The van der Waals surface area contributed by atoms with Crippen molar-refractivity contribution in [3.63, 3.8) is 0 Å². The summed E-state index contributed by atoms with van der Waals surface area (Å²) in [7, 11) is 1.56. The summed E-state index contributed by atoms with van der Waals surface area (Å²) in [4.78, 5) is 45.1. The quantitative estimate of drug-likeness (QED) is 0.232. The predicted molar refractivity (Wildman–Crippen MR) is 156 cm³/mol. The van der Waals surface area contributed by atoms with E-state index in [0.29, 0.717) is 24.3 Å². The predicted octanol–water partition coefficient (Wildman–Crippen LogP) is 3.13. The molecule has 0 aromatic heterocycles. The lowest BCUT2D eigenvalue weighted by molar-refractivity contribution is -0.155. The molecule has 218 valence electrons. The van der Waals surface area contributed by atoms with Crippen LogP contribution in [0.3, 0.4) is 0 Å². The first kappa shape index (κ1) is 29.3. The molecule has 1 spiro atoms. The van der Waals surface area contributed by atoms with Crippen LogP contribution in [0.4, 0.5) is 5.69 Å². The summed E-state index contributed by atoms with van der Waals surface area (Å²) in [6.07, 6.45) is 1.68. The summed E-state index contributed by atoms with van der Waals surface area (Å²) >= 11 is 3.67. The first-order chi connectivity index (χ1) is 19.8. The zero-order valence-electron chi connectivity index (χ0n) is 23.1. The Morgan fingerprint density at radius 3 is 2.56 bits per heavy atom. The molecule has 0 saturated carbocycles. The number of aliphatic hydroxyl groups is 1. The summed E-state index contributed by atoms with van der Waals surface area (Å²) in [6, 6.07) is 14.7. The normalized spacial score (nSPS) is 28.7. The number of amides is 2. The van der Waals surface area contributed by atoms with Crippen molar-refractivity contribution < 1.29 is 33.7 Å². The van der Waals surface area contributed by atoms with Gasteiger partial charge in [-0.05, 0) is 49.6 Å². The second-order valence-electron chi connectivity index (χ2n) is 10.6. The Morgan fingerprint density at radius 2 is 1.95 bits per heavy atom. The number of alkyl halides is 1. The van der Waals surface area contributed by atoms with Gasteiger partial charge in [0.2, 0.25) is 5.91 Å². The fourth-order valence-corrected chi connectivity index (χ4v) is 7.69. The van der Waals surface area contributed by atoms with Crippen LogP contribution in [-0.2, 0) is 30.3 Å². The SMILES string of the molecule is C=CCN(C(=O)C1N([C@@H](CO)Cc2ccccc2)C(=O)[C@@H]2[C@H](C(=O)OCC)[C@H]3OC12CC3Br)c1ccc(OC)cc1. The number of carbonyl (C=O) groups is 3. The number of ether oxygens (including phenoxy) is 3. The highest BCUT2D eigenvalue weighted by Gasteiger charge is 2.77. The van der Waals surface area contributed by atoms with Gasteiger partial charge in [0.1, 0.15) is 17.4 Å². The van der Waals surface area contributed by atoms with Gasteiger partial charge in [0, 0.05) is 17.1 Å². The van der Waals surface area contributed by atoms with Crippen molar-refractivity contribution in [1.29, 1.82) is 0 Å². The molecule has 0 radical (unpaired) electrons. The Morgan fingerprint density at radius 1 is 1.24 bits per heavy atom. The lowest BCUT2D eigenvalue weighted by Crippen LogP contribution is -2.59. The van der Waals surface area contributed by atoms with Crippen LogP contribution in [0.25, 0.3) is 0 Å². The Bertz CT molecular complexity index is 1290. The van der Waals surface area contributed by atoms with Crippen molar-refractivity contribution in [3.8, 4) is 5.75 Å². The number of likely N-dealkylation sites (tertiary alicyclic amines) is 1. The van der Waals surface area contributed by atoms with Gasteiger partial charge in [-0.15, -0.1) is 6.58 Å². The standard InChI is InChI=1S/C31H35BrN2O7/c1-4-15-33(20-11-13-22(39-3)14-12-20)29(37)27-31-17-23(32)26(41-31)24(30(38)40-5-2)25(31)28(36)34(27)21(18-35)16-19-9-7-6-8-10-19/h4,6-14,21,23-27,35H,1,5,15-18H2,2-3H3/t21-,23?,24+,25+,26+,27?,31?/m1/s1. The van der Waals surface area contributed by atoms with Crippen molar-refractivity contribution in [2.75, 3.05) is 31.8 Å². The van der Waals surface area contributed by atoms with Crippen LogP contribution >= 0.6 is 15.9 Å². The molecular weight excluding hydrogens is 592 g/mol. The summed E-state index contributed by atoms with van der Waals surface area (Å²) in [6.45, 7) is 5.53. The Hall–Kier alpha value is -3.21. The van der Waals surface area contributed by atoms with Crippen LogP contribution in [0.1, 0.15) is 18.9 Å². The van der Waals surface area contributed by atoms with E-state index in [0.717, 1.165) is 5.56 Å². The molecule has 3 aliphatic heterocycles. The minimum absolute atomic E-state index is 0.160. The van der Waals surface area contributed by atoms with Gasteiger partial charge < -0.3 is 29.1 Å². The monoisotopic (exact) mass is 626 g/mol. The highest BCUT2D eigenvalue weighted by atomic mass is 79.9. The molecule has 1 N–H and O–H groups in total. The molecule has 3 saturated heterocycles. The Balaban J connectivity index is 1.61. The number of anilines is 1. The molecule has 9 nitrogen and oxygen atoms in total. The number of hydrogen-bond acceptors (Lipinski definition) is 7. The van der Waals surface area contributed by atoms with Gasteiger partial charge in [0.15, 0.2) is 0 Å². The number of fused-ring (bicyclic) bond motifs is 1. The number of esters is 1. The fraction of sp³-hybridized carbons (Fsp3) is 0.452. The van der Waals surface area contributed by atoms with Gasteiger partial charge in [-0.3, -0.25) is 14.4 Å². The lowest BCUT2D eigenvalue weighted by Gasteiger charge is -2.39. The number of rotatable bonds is 11. The third kappa shape index (κ3) is 4.96. The van der Waals surface area contributed by atoms with Gasteiger partial charge in [-0.1, -0.05) is 52.3 Å². The van der Waals surface area contributed by atoms with Gasteiger partial charge in [0.25, 0.3) is 5.91 Å². The molecule has 41 heavy (non-hydrogen) atoms. The Kier molecular flexibility index (Phi) is 8.54. The van der Waals surface area contributed by atoms with Crippen molar-refractivity contribution in [1.82, 2.24) is 4.90 Å². The number of halogens is 1. The van der Waals surface area contributed by atoms with Crippen LogP contribution < -0.4 is 9.64 Å². The second-order valence-corrected chi connectivity index (χ2v) is 11.8. The number of carbonyl (C=O) groups excluding carboxylic acids is 3. The molecule has 10 heteroatoms. The Labute approximate surface area is 248 Å². The van der Waals surface area contributed by atoms with Crippen molar-refractivity contribution in [2.45, 2.75) is 48.4 Å². The second kappa shape index (κ2) is 12.0. The maximum atomic E-state index is 14.7. The van der Waals surface area contributed by atoms with Crippen LogP contribution in [-0.4, -0.2) is 83.3 Å². The van der Waals surface area contributed by atoms with Crippen molar-refractivity contribution >= 4 is 39.4 Å². The largest absolute Gasteiger partial charge is 0.497 e. The van der Waals surface area contributed by atoms with Crippen LogP contribution in [0.5, 0.6) is 5.75 Å². The summed E-state index contributed by atoms with van der Waals surface area (Å²) in [5.41, 5.74) is 0.223. The smallest absolute Gasteiger partial charge is 0.312 e. The van der Waals surface area contributed by atoms with E-state index in [1.807, 2.05) is 30.3 Å². The zero-order valence-corrected chi connectivity index (χ0v) is 24.7. The molecule has 3 heterocycles. The van der Waals surface area contributed by atoms with Gasteiger partial charge in [-0.25, -0.2) is 0 Å². The molecule has 5 rings (SSSR count). The maximum absolute atomic E-state index is 14.7. The van der Waals surface area contributed by atoms with Gasteiger partial charge in [-0.2, -0.15) is 0 Å². The number of hydrogen-bond donors (Lipinski definition) is 1. The van der Waals surface area contributed by atoms with E-state index in [-0.39, 0.29) is 36.4 Å². The number of benzene rings is 2.